The van der Waals surface area contributed by atoms with Gasteiger partial charge in [-0.25, -0.2) is 26.3 Å². The lowest BCUT2D eigenvalue weighted by Crippen LogP contribution is -2.23. The number of nitrogens with one attached hydrogen (secondary N) is 1. The predicted molar refractivity (Wildman–Crippen MR) is 151 cm³/mol. The van der Waals surface area contributed by atoms with Crippen molar-refractivity contribution in [3.63, 3.8) is 0 Å². The highest BCUT2D eigenvalue weighted by Gasteiger charge is 2.15. The molecule has 0 bridgehead atoms. The van der Waals surface area contributed by atoms with Gasteiger partial charge in [-0.05, 0) is 61.2 Å². The third-order valence-corrected chi connectivity index (χ3v) is 7.33. The van der Waals surface area contributed by atoms with Gasteiger partial charge < -0.3 is 10.3 Å². The maximum Gasteiger partial charge on any atom is 0.160 e. The van der Waals surface area contributed by atoms with Crippen molar-refractivity contribution in [2.45, 2.75) is 40.7 Å². The van der Waals surface area contributed by atoms with Crippen LogP contribution in [0.5, 0.6) is 0 Å². The Bertz CT molecular complexity index is 1610. The lowest BCUT2D eigenvalue weighted by molar-refractivity contribution is 0.745. The molecule has 9 heteroatoms. The van der Waals surface area contributed by atoms with Crippen LogP contribution in [0.3, 0.4) is 0 Å². The Morgan fingerprint density at radius 3 is 2.46 bits per heavy atom. The van der Waals surface area contributed by atoms with Crippen LogP contribution >= 0.6 is 11.3 Å². The molecule has 0 saturated heterocycles. The average molecular weight is 511 g/mol. The molecule has 3 aromatic heterocycles. The molecule has 8 nitrogen and oxygen atoms in total. The van der Waals surface area contributed by atoms with Gasteiger partial charge in [-0.3, -0.25) is 0 Å². The largest absolute Gasteiger partial charge is 0.382 e. The fourth-order valence-corrected chi connectivity index (χ4v) is 5.37. The molecule has 2 aromatic carbocycles. The fraction of sp³-hybridized carbons (Fsp3) is 0.214. The maximum atomic E-state index is 6.24. The molecule has 37 heavy (non-hydrogen) atoms. The molecule has 0 unspecified atom stereocenters. The number of hydrazone groups is 1. The van der Waals surface area contributed by atoms with Gasteiger partial charge in [-0.15, -0.1) is 16.4 Å². The van der Waals surface area contributed by atoms with Crippen molar-refractivity contribution < 1.29 is 0 Å². The summed E-state index contributed by atoms with van der Waals surface area (Å²) in [6, 6.07) is 16.7. The van der Waals surface area contributed by atoms with Crippen LogP contribution in [-0.4, -0.2) is 25.4 Å². The minimum Gasteiger partial charge on any atom is -0.382 e. The van der Waals surface area contributed by atoms with E-state index in [0.717, 1.165) is 72.4 Å². The molecule has 0 amide bonds. The Morgan fingerprint density at radius 2 is 1.78 bits per heavy atom. The molecule has 0 spiro atoms. The number of benzene rings is 2. The van der Waals surface area contributed by atoms with E-state index in [1.807, 2.05) is 25.3 Å². The summed E-state index contributed by atoms with van der Waals surface area (Å²) in [6.07, 6.45) is 2.73. The van der Waals surface area contributed by atoms with Crippen LogP contribution in [0.15, 0.2) is 59.8 Å². The molecule has 0 aliphatic carbocycles. The highest BCUT2D eigenvalue weighted by molar-refractivity contribution is 7.14. The SMILES string of the molecule is CCc1nc2c(C)cc(C)nc2n1Cc1ccc(-c2cc(-c3ncc(C)s3)ccc2/C(N)=N/NN)cc1. The number of nitrogens with two attached hydrogens (primary N) is 2. The Morgan fingerprint density at radius 1 is 1.03 bits per heavy atom. The highest BCUT2D eigenvalue weighted by atomic mass is 32.1. The number of fused-ring (bicyclic) bond motifs is 1. The van der Waals surface area contributed by atoms with E-state index in [2.05, 4.69) is 77.4 Å². The van der Waals surface area contributed by atoms with E-state index < -0.39 is 0 Å². The summed E-state index contributed by atoms with van der Waals surface area (Å²) in [7, 11) is 0. The topological polar surface area (TPSA) is 120 Å². The molecule has 0 aliphatic heterocycles. The van der Waals surface area contributed by atoms with Crippen molar-refractivity contribution in [3.8, 4) is 21.7 Å². The van der Waals surface area contributed by atoms with Crippen LogP contribution in [0.2, 0.25) is 0 Å². The average Bonchev–Trinajstić information content (AvgIpc) is 3.48. The minimum atomic E-state index is 0.317. The minimum absolute atomic E-state index is 0.317. The van der Waals surface area contributed by atoms with Gasteiger partial charge in [0.15, 0.2) is 11.5 Å². The van der Waals surface area contributed by atoms with Gasteiger partial charge in [0.05, 0.1) is 6.54 Å². The number of pyridine rings is 1. The van der Waals surface area contributed by atoms with Crippen molar-refractivity contribution in [3.05, 3.63) is 87.8 Å². The first kappa shape index (κ1) is 24.6. The number of imidazole rings is 1. The summed E-state index contributed by atoms with van der Waals surface area (Å²) in [4.78, 5) is 15.4. The van der Waals surface area contributed by atoms with E-state index in [1.165, 1.54) is 0 Å². The van der Waals surface area contributed by atoms with Gasteiger partial charge in [0, 0.05) is 34.3 Å². The Balaban J connectivity index is 1.54. The summed E-state index contributed by atoms with van der Waals surface area (Å²) >= 11 is 1.66. The van der Waals surface area contributed by atoms with E-state index in [0.29, 0.717) is 12.4 Å². The number of hydrogen-bond acceptors (Lipinski definition) is 7. The molecular formula is C28H30N8S. The van der Waals surface area contributed by atoms with Crippen molar-refractivity contribution in [2.75, 3.05) is 0 Å². The first-order chi connectivity index (χ1) is 17.9. The summed E-state index contributed by atoms with van der Waals surface area (Å²) in [5.74, 6) is 6.76. The van der Waals surface area contributed by atoms with Gasteiger partial charge in [0.25, 0.3) is 0 Å². The first-order valence-corrected chi connectivity index (χ1v) is 13.0. The number of aromatic nitrogens is 4. The fourth-order valence-electron chi connectivity index (χ4n) is 4.61. The normalized spacial score (nSPS) is 11.9. The molecule has 5 rings (SSSR count). The van der Waals surface area contributed by atoms with Gasteiger partial charge in [-0.1, -0.05) is 37.3 Å². The van der Waals surface area contributed by atoms with Crippen LogP contribution in [0.25, 0.3) is 32.9 Å². The summed E-state index contributed by atoms with van der Waals surface area (Å²) in [5.41, 5.74) is 17.6. The van der Waals surface area contributed by atoms with Crippen LogP contribution in [0, 0.1) is 20.8 Å². The van der Waals surface area contributed by atoms with Crippen molar-refractivity contribution in [2.24, 2.45) is 16.7 Å². The molecule has 5 N–H and O–H groups in total. The number of amidine groups is 1. The van der Waals surface area contributed by atoms with Gasteiger partial charge in [-0.2, -0.15) is 0 Å². The van der Waals surface area contributed by atoms with E-state index in [9.17, 15) is 0 Å². The second kappa shape index (κ2) is 10.1. The third-order valence-electron chi connectivity index (χ3n) is 6.37. The smallest absolute Gasteiger partial charge is 0.160 e. The molecule has 0 fully saturated rings. The monoisotopic (exact) mass is 510 g/mol. The third kappa shape index (κ3) is 4.83. The Hall–Kier alpha value is -4.08. The second-order valence-electron chi connectivity index (χ2n) is 9.08. The second-order valence-corrected chi connectivity index (χ2v) is 10.3. The molecule has 0 aliphatic rings. The lowest BCUT2D eigenvalue weighted by Gasteiger charge is -2.13. The van der Waals surface area contributed by atoms with Gasteiger partial charge >= 0.3 is 0 Å². The predicted octanol–water partition coefficient (Wildman–Crippen LogP) is 4.84. The maximum absolute atomic E-state index is 6.24. The van der Waals surface area contributed by atoms with Crippen molar-refractivity contribution in [1.82, 2.24) is 25.1 Å². The summed E-state index contributed by atoms with van der Waals surface area (Å²) < 4.78 is 2.22. The summed E-state index contributed by atoms with van der Waals surface area (Å²) in [6.45, 7) is 9.00. The molecular weight excluding hydrogens is 480 g/mol. The van der Waals surface area contributed by atoms with Crippen LogP contribution in [0.4, 0.5) is 0 Å². The number of nitrogens with zero attached hydrogens (tertiary/aromatic N) is 5. The van der Waals surface area contributed by atoms with E-state index in [4.69, 9.17) is 21.5 Å². The number of hydrogen-bond donors (Lipinski definition) is 3. The lowest BCUT2D eigenvalue weighted by atomic mass is 9.96. The molecule has 0 saturated carbocycles. The number of aryl methyl sites for hydroxylation is 4. The first-order valence-electron chi connectivity index (χ1n) is 12.2. The van der Waals surface area contributed by atoms with E-state index in [-0.39, 0.29) is 0 Å². The zero-order valence-corrected chi connectivity index (χ0v) is 22.2. The zero-order valence-electron chi connectivity index (χ0n) is 21.4. The highest BCUT2D eigenvalue weighted by Crippen LogP contribution is 2.32. The van der Waals surface area contributed by atoms with Crippen LogP contribution in [0.1, 0.15) is 40.0 Å². The molecule has 3 heterocycles. The Kier molecular flexibility index (Phi) is 6.73. The summed E-state index contributed by atoms with van der Waals surface area (Å²) in [5, 5.41) is 4.97. The number of rotatable bonds is 7. The molecule has 188 valence electrons. The Labute approximate surface area is 220 Å². The van der Waals surface area contributed by atoms with Crippen LogP contribution < -0.4 is 17.1 Å². The quantitative estimate of drug-likeness (QED) is 0.125. The molecule has 0 radical (unpaired) electrons. The zero-order chi connectivity index (χ0) is 26.1. The van der Waals surface area contributed by atoms with Crippen molar-refractivity contribution in [1.29, 1.82) is 0 Å². The van der Waals surface area contributed by atoms with E-state index in [1.54, 1.807) is 11.3 Å². The van der Waals surface area contributed by atoms with Gasteiger partial charge in [0.2, 0.25) is 0 Å². The van der Waals surface area contributed by atoms with Crippen molar-refractivity contribution >= 4 is 28.3 Å². The molecule has 5 aromatic rings. The number of hydrazine groups is 1. The standard InChI is InChI=1S/C28H30N8S/c1-5-24-33-25-16(2)12-17(3)32-27(25)36(24)15-19-6-8-20(9-7-19)23-13-21(28-31-14-18(4)37-28)10-11-22(23)26(29)34-35-30/h6-14,35H,5,15,30H2,1-4H3,(H2,29,34). The van der Waals surface area contributed by atoms with Crippen LogP contribution in [-0.2, 0) is 13.0 Å². The number of thiazole rings is 1. The van der Waals surface area contributed by atoms with Gasteiger partial charge in [0.1, 0.15) is 16.3 Å². The molecule has 0 atom stereocenters. The van der Waals surface area contributed by atoms with E-state index >= 15 is 0 Å².